The van der Waals surface area contributed by atoms with Gasteiger partial charge in [0.05, 0.1) is 5.69 Å². The van der Waals surface area contributed by atoms with Crippen LogP contribution in [-0.4, -0.2) is 48.8 Å². The van der Waals surface area contributed by atoms with Crippen LogP contribution in [0, 0.1) is 0 Å². The molecule has 0 saturated carbocycles. The van der Waals surface area contributed by atoms with Crippen LogP contribution in [0.4, 0.5) is 24.7 Å². The Hall–Kier alpha value is -2.03. The number of fused-ring (bicyclic) bond motifs is 4. The summed E-state index contributed by atoms with van der Waals surface area (Å²) in [4.78, 5) is 18.3. The van der Waals surface area contributed by atoms with Crippen molar-refractivity contribution in [3.63, 3.8) is 0 Å². The molecule has 120 valence electrons. The number of hydrogen-bond donors (Lipinski definition) is 3. The number of nitrogens with one attached hydrogen (secondary N) is 2. The van der Waals surface area contributed by atoms with Gasteiger partial charge in [0.1, 0.15) is 11.7 Å². The average molecular weight is 315 g/mol. The zero-order valence-corrected chi connectivity index (χ0v) is 11.7. The van der Waals surface area contributed by atoms with Gasteiger partial charge in [0.15, 0.2) is 5.82 Å². The van der Waals surface area contributed by atoms with E-state index >= 15 is 0 Å². The molecule has 0 radical (unpaired) electrons. The van der Waals surface area contributed by atoms with Gasteiger partial charge in [-0.2, -0.15) is 13.2 Å². The number of nitrogens with two attached hydrogens (primary N) is 1. The first-order valence-electron chi connectivity index (χ1n) is 6.97. The second kappa shape index (κ2) is 5.31. The summed E-state index contributed by atoms with van der Waals surface area (Å²) in [6.07, 6.45) is -3.54. The summed E-state index contributed by atoms with van der Waals surface area (Å²) in [7, 11) is 0. The zero-order valence-electron chi connectivity index (χ0n) is 11.7. The number of rotatable bonds is 3. The highest BCUT2D eigenvalue weighted by atomic mass is 19.4. The van der Waals surface area contributed by atoms with Crippen LogP contribution in [-0.2, 0) is 0 Å². The molecule has 2 unspecified atom stereocenters. The molecule has 9 heteroatoms. The van der Waals surface area contributed by atoms with Crippen molar-refractivity contribution in [2.45, 2.75) is 24.7 Å². The molecule has 1 amide bonds. The molecule has 1 aromatic rings. The van der Waals surface area contributed by atoms with Crippen molar-refractivity contribution in [1.82, 2.24) is 10.3 Å². The van der Waals surface area contributed by atoms with Crippen molar-refractivity contribution in [3.05, 3.63) is 17.8 Å². The van der Waals surface area contributed by atoms with Crippen molar-refractivity contribution in [3.8, 4) is 0 Å². The normalized spacial score (nSPS) is 21.1. The number of anilines is 2. The van der Waals surface area contributed by atoms with Gasteiger partial charge in [-0.25, -0.2) is 4.98 Å². The molecule has 3 rings (SSSR count). The van der Waals surface area contributed by atoms with Gasteiger partial charge in [-0.15, -0.1) is 0 Å². The Kier molecular flexibility index (Phi) is 3.59. The summed E-state index contributed by atoms with van der Waals surface area (Å²) in [5, 5.41) is 5.40. The second-order valence-electron chi connectivity index (χ2n) is 5.50. The van der Waals surface area contributed by atoms with Gasteiger partial charge in [0, 0.05) is 25.7 Å². The van der Waals surface area contributed by atoms with E-state index in [4.69, 9.17) is 5.73 Å². The Bertz CT molecular complexity index is 592. The fourth-order valence-electron chi connectivity index (χ4n) is 2.64. The molecule has 22 heavy (non-hydrogen) atoms. The molecule has 3 heterocycles. The van der Waals surface area contributed by atoms with E-state index in [-0.39, 0.29) is 5.69 Å². The van der Waals surface area contributed by atoms with Gasteiger partial charge >= 0.3 is 6.18 Å². The Labute approximate surface area is 124 Å². The Morgan fingerprint density at radius 3 is 3.05 bits per heavy atom. The number of carbonyl (C=O) groups is 1. The molecule has 0 aromatic carbocycles. The maximum Gasteiger partial charge on any atom is 0.405 e. The van der Waals surface area contributed by atoms with Crippen LogP contribution in [0.25, 0.3) is 0 Å². The summed E-state index contributed by atoms with van der Waals surface area (Å²) in [6.45, 7) is 1.16. The Morgan fingerprint density at radius 1 is 1.55 bits per heavy atom. The van der Waals surface area contributed by atoms with Gasteiger partial charge < -0.3 is 21.3 Å². The third kappa shape index (κ3) is 2.80. The summed E-state index contributed by atoms with van der Waals surface area (Å²) in [5.41, 5.74) is 5.94. The SMILES string of the molecule is NC(CNC(=O)c1ccc2c(n1)NC1CCN2C1)C(F)(F)F. The second-order valence-corrected chi connectivity index (χ2v) is 5.50. The molecule has 2 aliphatic rings. The number of carbonyl (C=O) groups excluding carboxylic acids is 1. The lowest BCUT2D eigenvalue weighted by Crippen LogP contribution is -2.46. The Balaban J connectivity index is 1.68. The van der Waals surface area contributed by atoms with E-state index in [9.17, 15) is 18.0 Å². The lowest BCUT2D eigenvalue weighted by Gasteiger charge is -2.27. The van der Waals surface area contributed by atoms with Gasteiger partial charge in [-0.1, -0.05) is 0 Å². The van der Waals surface area contributed by atoms with Crippen LogP contribution in [0.3, 0.4) is 0 Å². The molecular weight excluding hydrogens is 299 g/mol. The maximum absolute atomic E-state index is 12.3. The van der Waals surface area contributed by atoms with Crippen LogP contribution in [0.1, 0.15) is 16.9 Å². The van der Waals surface area contributed by atoms with Crippen LogP contribution in [0.15, 0.2) is 12.1 Å². The number of hydrogen-bond acceptors (Lipinski definition) is 5. The van der Waals surface area contributed by atoms with Crippen molar-refractivity contribution < 1.29 is 18.0 Å². The predicted molar refractivity (Wildman–Crippen MR) is 74.8 cm³/mol. The number of halogens is 3. The van der Waals surface area contributed by atoms with E-state index in [1.165, 1.54) is 6.07 Å². The maximum atomic E-state index is 12.3. The van der Waals surface area contributed by atoms with E-state index in [1.807, 2.05) is 0 Å². The zero-order chi connectivity index (χ0) is 15.9. The molecule has 4 N–H and O–H groups in total. The molecule has 2 atom stereocenters. The van der Waals surface area contributed by atoms with Crippen LogP contribution in [0.5, 0.6) is 0 Å². The third-order valence-electron chi connectivity index (χ3n) is 3.88. The number of alkyl halides is 3. The molecule has 2 aliphatic heterocycles. The van der Waals surface area contributed by atoms with E-state index in [2.05, 4.69) is 20.5 Å². The smallest absolute Gasteiger partial charge is 0.366 e. The minimum atomic E-state index is -4.54. The largest absolute Gasteiger partial charge is 0.405 e. The number of amides is 1. The first kappa shape index (κ1) is 14.9. The fraction of sp³-hybridized carbons (Fsp3) is 0.538. The highest BCUT2D eigenvalue weighted by Crippen LogP contribution is 2.33. The lowest BCUT2D eigenvalue weighted by atomic mass is 10.2. The summed E-state index contributed by atoms with van der Waals surface area (Å²) in [5.74, 6) is -0.0706. The molecule has 0 spiro atoms. The van der Waals surface area contributed by atoms with Crippen molar-refractivity contribution >= 4 is 17.4 Å². The fourth-order valence-corrected chi connectivity index (χ4v) is 2.64. The minimum absolute atomic E-state index is 0.0723. The topological polar surface area (TPSA) is 83.3 Å². The summed E-state index contributed by atoms with van der Waals surface area (Å²) >= 11 is 0. The third-order valence-corrected chi connectivity index (χ3v) is 3.88. The number of pyridine rings is 1. The number of nitrogens with zero attached hydrogens (tertiary/aromatic N) is 2. The van der Waals surface area contributed by atoms with Gasteiger partial charge in [-0.3, -0.25) is 4.79 Å². The standard InChI is InChI=1S/C13H16F3N5O/c14-13(15,16)10(17)5-18-12(22)8-1-2-9-11(20-8)19-7-3-4-21(9)6-7/h1-2,7,10H,3-6,17H2,(H,18,22)(H,19,20). The van der Waals surface area contributed by atoms with Gasteiger partial charge in [0.2, 0.25) is 0 Å². The van der Waals surface area contributed by atoms with Gasteiger partial charge in [-0.05, 0) is 18.6 Å². The first-order valence-corrected chi connectivity index (χ1v) is 6.97. The highest BCUT2D eigenvalue weighted by molar-refractivity contribution is 5.93. The molecule has 1 saturated heterocycles. The lowest BCUT2D eigenvalue weighted by molar-refractivity contribution is -0.146. The molecule has 2 bridgehead atoms. The monoisotopic (exact) mass is 315 g/mol. The van der Waals surface area contributed by atoms with Gasteiger partial charge in [0.25, 0.3) is 5.91 Å². The van der Waals surface area contributed by atoms with E-state index in [0.29, 0.717) is 11.9 Å². The molecule has 0 aliphatic carbocycles. The average Bonchev–Trinajstić information content (AvgIpc) is 2.85. The Morgan fingerprint density at radius 2 is 2.32 bits per heavy atom. The van der Waals surface area contributed by atoms with E-state index in [1.54, 1.807) is 6.07 Å². The highest BCUT2D eigenvalue weighted by Gasteiger charge is 2.37. The summed E-state index contributed by atoms with van der Waals surface area (Å²) < 4.78 is 36.9. The van der Waals surface area contributed by atoms with E-state index < -0.39 is 24.7 Å². The van der Waals surface area contributed by atoms with Crippen LogP contribution >= 0.6 is 0 Å². The number of aromatic nitrogens is 1. The van der Waals surface area contributed by atoms with Crippen molar-refractivity contribution in [2.75, 3.05) is 29.9 Å². The van der Waals surface area contributed by atoms with Crippen LogP contribution < -0.4 is 21.3 Å². The molecule has 6 nitrogen and oxygen atoms in total. The summed E-state index contributed by atoms with van der Waals surface area (Å²) in [6, 6.07) is 1.48. The quantitative estimate of drug-likeness (QED) is 0.765. The predicted octanol–water partition coefficient (Wildman–Crippen LogP) is 0.705. The first-order chi connectivity index (χ1) is 10.3. The molecule has 1 fully saturated rings. The van der Waals surface area contributed by atoms with Crippen LogP contribution in [0.2, 0.25) is 0 Å². The molecule has 1 aromatic heterocycles. The van der Waals surface area contributed by atoms with Crippen molar-refractivity contribution in [2.24, 2.45) is 5.73 Å². The van der Waals surface area contributed by atoms with E-state index in [0.717, 1.165) is 25.2 Å². The van der Waals surface area contributed by atoms with Crippen molar-refractivity contribution in [1.29, 1.82) is 0 Å². The minimum Gasteiger partial charge on any atom is -0.366 e. The molecular formula is C13H16F3N5O.